The molecule has 0 spiro atoms. The van der Waals surface area contributed by atoms with Gasteiger partial charge in [-0.25, -0.2) is 4.79 Å². The van der Waals surface area contributed by atoms with Crippen molar-refractivity contribution >= 4 is 17.6 Å². The molecule has 0 aliphatic carbocycles. The highest BCUT2D eigenvalue weighted by Crippen LogP contribution is 2.28. The number of nitrogens with one attached hydrogen (secondary N) is 2. The monoisotopic (exact) mass is 291 g/mol. The van der Waals surface area contributed by atoms with E-state index in [0.717, 1.165) is 5.56 Å². The molecule has 7 nitrogen and oxygen atoms in total. The summed E-state index contributed by atoms with van der Waals surface area (Å²) in [6.07, 6.45) is 0. The molecule has 112 valence electrons. The SMILES string of the molecule is O=C1COc2ccc(CNC(=O)N3CCOCC3)cc2N1. The van der Waals surface area contributed by atoms with E-state index in [4.69, 9.17) is 9.47 Å². The molecular weight excluding hydrogens is 274 g/mol. The second-order valence-corrected chi connectivity index (χ2v) is 4.93. The van der Waals surface area contributed by atoms with E-state index in [-0.39, 0.29) is 18.5 Å². The van der Waals surface area contributed by atoms with Crippen LogP contribution in [0.2, 0.25) is 0 Å². The molecule has 0 saturated carbocycles. The average molecular weight is 291 g/mol. The van der Waals surface area contributed by atoms with Crippen molar-refractivity contribution in [3.63, 3.8) is 0 Å². The van der Waals surface area contributed by atoms with Crippen molar-refractivity contribution < 1.29 is 19.1 Å². The van der Waals surface area contributed by atoms with Crippen molar-refractivity contribution in [2.24, 2.45) is 0 Å². The van der Waals surface area contributed by atoms with Gasteiger partial charge in [0, 0.05) is 19.6 Å². The third-order valence-electron chi connectivity index (χ3n) is 3.42. The van der Waals surface area contributed by atoms with Crippen LogP contribution in [0, 0.1) is 0 Å². The first-order chi connectivity index (χ1) is 10.2. The highest BCUT2D eigenvalue weighted by atomic mass is 16.5. The van der Waals surface area contributed by atoms with Crippen molar-refractivity contribution in [3.05, 3.63) is 23.8 Å². The van der Waals surface area contributed by atoms with E-state index in [0.29, 0.717) is 44.3 Å². The van der Waals surface area contributed by atoms with Gasteiger partial charge in [0.05, 0.1) is 18.9 Å². The topological polar surface area (TPSA) is 79.9 Å². The molecule has 2 N–H and O–H groups in total. The lowest BCUT2D eigenvalue weighted by Gasteiger charge is -2.27. The molecule has 3 rings (SSSR count). The number of nitrogens with zero attached hydrogens (tertiary/aromatic N) is 1. The molecular formula is C14H17N3O4. The van der Waals surface area contributed by atoms with Gasteiger partial charge >= 0.3 is 6.03 Å². The summed E-state index contributed by atoms with van der Waals surface area (Å²) in [5.74, 6) is 0.481. The van der Waals surface area contributed by atoms with E-state index in [1.807, 2.05) is 12.1 Å². The van der Waals surface area contributed by atoms with E-state index >= 15 is 0 Å². The van der Waals surface area contributed by atoms with E-state index in [9.17, 15) is 9.59 Å². The van der Waals surface area contributed by atoms with Gasteiger partial charge in [0.15, 0.2) is 6.61 Å². The van der Waals surface area contributed by atoms with Crippen LogP contribution in [0.15, 0.2) is 18.2 Å². The van der Waals surface area contributed by atoms with E-state index in [2.05, 4.69) is 10.6 Å². The van der Waals surface area contributed by atoms with Crippen LogP contribution >= 0.6 is 0 Å². The van der Waals surface area contributed by atoms with Gasteiger partial charge in [0.25, 0.3) is 5.91 Å². The Balaban J connectivity index is 1.59. The Hall–Kier alpha value is -2.28. The summed E-state index contributed by atoms with van der Waals surface area (Å²) in [6, 6.07) is 5.38. The Labute approximate surface area is 122 Å². The zero-order valence-corrected chi connectivity index (χ0v) is 11.6. The predicted molar refractivity (Wildman–Crippen MR) is 75.2 cm³/mol. The highest BCUT2D eigenvalue weighted by molar-refractivity contribution is 5.95. The molecule has 0 bridgehead atoms. The van der Waals surface area contributed by atoms with E-state index in [1.165, 1.54) is 0 Å². The summed E-state index contributed by atoms with van der Waals surface area (Å²) in [5, 5.41) is 5.61. The lowest BCUT2D eigenvalue weighted by atomic mass is 10.1. The third kappa shape index (κ3) is 3.25. The smallest absolute Gasteiger partial charge is 0.317 e. The van der Waals surface area contributed by atoms with Crippen LogP contribution in [0.25, 0.3) is 0 Å². The summed E-state index contributed by atoms with van der Waals surface area (Å²) in [5.41, 5.74) is 1.55. The number of ether oxygens (including phenoxy) is 2. The fraction of sp³-hybridized carbons (Fsp3) is 0.429. The van der Waals surface area contributed by atoms with Crippen molar-refractivity contribution in [1.29, 1.82) is 0 Å². The number of benzene rings is 1. The normalized spacial score (nSPS) is 17.5. The Morgan fingerprint density at radius 2 is 2.14 bits per heavy atom. The summed E-state index contributed by atoms with van der Waals surface area (Å²) in [7, 11) is 0. The van der Waals surface area contributed by atoms with E-state index in [1.54, 1.807) is 11.0 Å². The summed E-state index contributed by atoms with van der Waals surface area (Å²) in [6.45, 7) is 2.82. The molecule has 1 saturated heterocycles. The molecule has 2 aliphatic heterocycles. The lowest BCUT2D eigenvalue weighted by molar-refractivity contribution is -0.118. The number of amides is 3. The lowest BCUT2D eigenvalue weighted by Crippen LogP contribution is -2.45. The fourth-order valence-electron chi connectivity index (χ4n) is 2.30. The van der Waals surface area contributed by atoms with Crippen LogP contribution in [0.3, 0.4) is 0 Å². The molecule has 3 amide bonds. The van der Waals surface area contributed by atoms with Crippen molar-refractivity contribution in [3.8, 4) is 5.75 Å². The average Bonchev–Trinajstić information content (AvgIpc) is 2.53. The van der Waals surface area contributed by atoms with Crippen molar-refractivity contribution in [1.82, 2.24) is 10.2 Å². The Morgan fingerprint density at radius 3 is 2.95 bits per heavy atom. The minimum atomic E-state index is -0.169. The summed E-state index contributed by atoms with van der Waals surface area (Å²) < 4.78 is 10.5. The van der Waals surface area contributed by atoms with Gasteiger partial charge in [-0.15, -0.1) is 0 Å². The third-order valence-corrected chi connectivity index (χ3v) is 3.42. The van der Waals surface area contributed by atoms with Gasteiger partial charge in [-0.1, -0.05) is 6.07 Å². The molecule has 0 radical (unpaired) electrons. The van der Waals surface area contributed by atoms with Crippen LogP contribution in [0.4, 0.5) is 10.5 Å². The first kappa shape index (κ1) is 13.7. The molecule has 0 unspecified atom stereocenters. The Kier molecular flexibility index (Phi) is 3.92. The Morgan fingerprint density at radius 1 is 1.33 bits per heavy atom. The van der Waals surface area contributed by atoms with Crippen molar-refractivity contribution in [2.45, 2.75) is 6.54 Å². The number of carbonyl (C=O) groups is 2. The number of hydrogen-bond acceptors (Lipinski definition) is 4. The van der Waals surface area contributed by atoms with Gasteiger partial charge in [-0.05, 0) is 17.7 Å². The van der Waals surface area contributed by atoms with Crippen LogP contribution in [-0.4, -0.2) is 49.7 Å². The first-order valence-electron chi connectivity index (χ1n) is 6.88. The van der Waals surface area contributed by atoms with Crippen molar-refractivity contribution in [2.75, 3.05) is 38.2 Å². The Bertz CT molecular complexity index is 555. The van der Waals surface area contributed by atoms with Gasteiger partial charge in [-0.2, -0.15) is 0 Å². The second-order valence-electron chi connectivity index (χ2n) is 4.93. The number of carbonyl (C=O) groups excluding carboxylic acids is 2. The zero-order valence-electron chi connectivity index (χ0n) is 11.6. The summed E-state index contributed by atoms with van der Waals surface area (Å²) in [4.78, 5) is 25.0. The maximum Gasteiger partial charge on any atom is 0.317 e. The molecule has 7 heteroatoms. The van der Waals surface area contributed by atoms with E-state index < -0.39 is 0 Å². The second kappa shape index (κ2) is 6.01. The van der Waals surface area contributed by atoms with Gasteiger partial charge in [0.2, 0.25) is 0 Å². The number of hydrogen-bond donors (Lipinski definition) is 2. The number of urea groups is 1. The molecule has 1 aromatic carbocycles. The van der Waals surface area contributed by atoms with Gasteiger partial charge < -0.3 is 25.0 Å². The number of morpholine rings is 1. The number of fused-ring (bicyclic) bond motifs is 1. The molecule has 21 heavy (non-hydrogen) atoms. The van der Waals surface area contributed by atoms with Gasteiger partial charge in [0.1, 0.15) is 5.75 Å². The summed E-state index contributed by atoms with van der Waals surface area (Å²) >= 11 is 0. The van der Waals surface area contributed by atoms with Gasteiger partial charge in [-0.3, -0.25) is 4.79 Å². The molecule has 2 aliphatic rings. The quantitative estimate of drug-likeness (QED) is 0.834. The predicted octanol–water partition coefficient (Wildman–Crippen LogP) is 0.559. The maximum absolute atomic E-state index is 12.0. The molecule has 2 heterocycles. The van der Waals surface area contributed by atoms with Crippen LogP contribution in [-0.2, 0) is 16.1 Å². The molecule has 1 fully saturated rings. The largest absolute Gasteiger partial charge is 0.482 e. The zero-order chi connectivity index (χ0) is 14.7. The molecule has 0 aromatic heterocycles. The number of rotatable bonds is 2. The van der Waals surface area contributed by atoms with Crippen LogP contribution in [0.5, 0.6) is 5.75 Å². The minimum absolute atomic E-state index is 0.0418. The minimum Gasteiger partial charge on any atom is -0.482 e. The van der Waals surface area contributed by atoms with Crippen LogP contribution in [0.1, 0.15) is 5.56 Å². The molecule has 1 aromatic rings. The standard InChI is InChI=1S/C14H17N3O4/c18-13-9-21-12-2-1-10(7-11(12)16-13)8-15-14(19)17-3-5-20-6-4-17/h1-2,7H,3-6,8-9H2,(H,15,19)(H,16,18). The molecule has 0 atom stereocenters. The number of anilines is 1. The fourth-order valence-corrected chi connectivity index (χ4v) is 2.30. The van der Waals surface area contributed by atoms with Crippen LogP contribution < -0.4 is 15.4 Å². The first-order valence-corrected chi connectivity index (χ1v) is 6.88. The highest BCUT2D eigenvalue weighted by Gasteiger charge is 2.18. The maximum atomic E-state index is 12.0.